The van der Waals surface area contributed by atoms with Crippen molar-refractivity contribution in [2.75, 3.05) is 31.1 Å². The predicted molar refractivity (Wildman–Crippen MR) is 113 cm³/mol. The molecule has 0 saturated carbocycles. The van der Waals surface area contributed by atoms with Crippen molar-refractivity contribution >= 4 is 28.9 Å². The summed E-state index contributed by atoms with van der Waals surface area (Å²) < 4.78 is 6.02. The smallest absolute Gasteiger partial charge is 0.328 e. The van der Waals surface area contributed by atoms with Gasteiger partial charge in [0.1, 0.15) is 0 Å². The number of aliphatic carboxylic acids is 2. The number of nitrogens with zero attached hydrogens (tertiary/aromatic N) is 4. The summed E-state index contributed by atoms with van der Waals surface area (Å²) in [5.74, 6) is -1.91. The van der Waals surface area contributed by atoms with Crippen LogP contribution in [0.1, 0.15) is 12.8 Å². The maximum absolute atomic E-state index is 9.55. The van der Waals surface area contributed by atoms with Crippen molar-refractivity contribution in [3.63, 3.8) is 0 Å². The molecule has 3 N–H and O–H groups in total. The van der Waals surface area contributed by atoms with E-state index in [1.54, 1.807) is 0 Å². The lowest BCUT2D eigenvalue weighted by Crippen LogP contribution is -2.38. The number of aromatic amines is 1. The van der Waals surface area contributed by atoms with Crippen molar-refractivity contribution in [1.82, 2.24) is 20.1 Å². The first-order chi connectivity index (χ1) is 15.0. The molecule has 0 amide bonds. The summed E-state index contributed by atoms with van der Waals surface area (Å²) in [4.78, 5) is 27.1. The Balaban J connectivity index is 0.000000250. The molecule has 10 nitrogen and oxygen atoms in total. The summed E-state index contributed by atoms with van der Waals surface area (Å²) in [5.41, 5.74) is 2.09. The lowest BCUT2D eigenvalue weighted by molar-refractivity contribution is -0.134. The highest BCUT2D eigenvalue weighted by Crippen LogP contribution is 2.29. The van der Waals surface area contributed by atoms with E-state index in [1.807, 2.05) is 12.3 Å². The van der Waals surface area contributed by atoms with Gasteiger partial charge >= 0.3 is 18.0 Å². The number of piperidine rings is 1. The Kier molecular flexibility index (Phi) is 5.99. The summed E-state index contributed by atoms with van der Waals surface area (Å²) in [6.07, 6.45) is 5.43. The zero-order valence-corrected chi connectivity index (χ0v) is 16.8. The zero-order valence-electron chi connectivity index (χ0n) is 16.8. The van der Waals surface area contributed by atoms with E-state index in [1.165, 1.54) is 25.9 Å². The van der Waals surface area contributed by atoms with Crippen molar-refractivity contribution in [2.24, 2.45) is 0 Å². The van der Waals surface area contributed by atoms with Crippen molar-refractivity contribution in [3.05, 3.63) is 42.6 Å². The van der Waals surface area contributed by atoms with Gasteiger partial charge in [-0.3, -0.25) is 0 Å². The van der Waals surface area contributed by atoms with Crippen LogP contribution in [0.2, 0.25) is 0 Å². The van der Waals surface area contributed by atoms with Crippen molar-refractivity contribution in [1.29, 1.82) is 0 Å². The van der Waals surface area contributed by atoms with E-state index in [0.29, 0.717) is 30.1 Å². The van der Waals surface area contributed by atoms with Crippen LogP contribution < -0.4 is 4.90 Å². The normalized spacial score (nSPS) is 20.5. The molecule has 3 aromatic rings. The molecule has 2 aromatic heterocycles. The van der Waals surface area contributed by atoms with Gasteiger partial charge in [0.2, 0.25) is 5.89 Å². The number of benzene rings is 1. The first-order valence-electron chi connectivity index (χ1n) is 10.0. The standard InChI is InChI=1S/C17H19N5O.C4H4O4/c1-2-15-12(3-6-18-15)11-13(1)16-19-20-17(23-16)22-10-9-21-7-4-14(22)5-8-21;5-3(6)1-2-4(7)8/h1-3,6,11,14,18H,4-5,7-10H2;1-2H,(H,5,6)(H,7,8)/b;2-1+. The second-order valence-electron chi connectivity index (χ2n) is 7.45. The maximum atomic E-state index is 9.55. The fourth-order valence-corrected chi connectivity index (χ4v) is 3.92. The third-order valence-corrected chi connectivity index (χ3v) is 5.48. The van der Waals surface area contributed by atoms with Gasteiger partial charge in [0, 0.05) is 67.0 Å². The van der Waals surface area contributed by atoms with E-state index in [2.05, 4.69) is 43.2 Å². The molecule has 0 atom stereocenters. The predicted octanol–water partition coefficient (Wildman–Crippen LogP) is 2.21. The van der Waals surface area contributed by atoms with Gasteiger partial charge in [-0.15, -0.1) is 5.10 Å². The van der Waals surface area contributed by atoms with Crippen LogP contribution >= 0.6 is 0 Å². The van der Waals surface area contributed by atoms with Crippen LogP contribution in [0.25, 0.3) is 22.4 Å². The van der Waals surface area contributed by atoms with Crippen LogP contribution in [0.15, 0.2) is 47.0 Å². The number of carbonyl (C=O) groups is 2. The molecule has 1 aromatic carbocycles. The number of carboxylic acid groups (broad SMARTS) is 2. The molecular formula is C21H23N5O5. The van der Waals surface area contributed by atoms with E-state index in [4.69, 9.17) is 14.6 Å². The molecule has 0 radical (unpaired) electrons. The number of hydrogen-bond donors (Lipinski definition) is 3. The molecule has 31 heavy (non-hydrogen) atoms. The number of carboxylic acids is 2. The summed E-state index contributed by atoms with van der Waals surface area (Å²) >= 11 is 0. The third kappa shape index (κ3) is 4.92. The van der Waals surface area contributed by atoms with Crippen molar-refractivity contribution in [3.8, 4) is 11.5 Å². The fraction of sp³-hybridized carbons (Fsp3) is 0.333. The molecule has 2 bridgehead atoms. The molecule has 0 unspecified atom stereocenters. The molecule has 3 aliphatic heterocycles. The highest BCUT2D eigenvalue weighted by molar-refractivity contribution is 5.89. The van der Waals surface area contributed by atoms with E-state index in [-0.39, 0.29) is 0 Å². The van der Waals surface area contributed by atoms with E-state index < -0.39 is 11.9 Å². The van der Waals surface area contributed by atoms with Gasteiger partial charge in [-0.05, 0) is 37.1 Å². The number of anilines is 1. The summed E-state index contributed by atoms with van der Waals surface area (Å²) in [6.45, 7) is 4.44. The SMILES string of the molecule is O=C(O)/C=C/C(=O)O.c1cc2cc(-c3nnc(N4CCN5CCC4CC5)o3)ccc2[nH]1. The second kappa shape index (κ2) is 9.00. The maximum Gasteiger partial charge on any atom is 0.328 e. The molecule has 0 aliphatic carbocycles. The largest absolute Gasteiger partial charge is 0.478 e. The van der Waals surface area contributed by atoms with Gasteiger partial charge in [-0.2, -0.15) is 0 Å². The van der Waals surface area contributed by atoms with E-state index in [0.717, 1.165) is 29.6 Å². The summed E-state index contributed by atoms with van der Waals surface area (Å²) in [7, 11) is 0. The van der Waals surface area contributed by atoms with Crippen molar-refractivity contribution < 1.29 is 24.2 Å². The molecule has 162 valence electrons. The van der Waals surface area contributed by atoms with Crippen LogP contribution in [-0.4, -0.2) is 74.5 Å². The van der Waals surface area contributed by atoms with Gasteiger partial charge in [0.25, 0.3) is 0 Å². The molecule has 3 aliphatic rings. The minimum absolute atomic E-state index is 0.536. The molecule has 6 rings (SSSR count). The molecule has 3 fully saturated rings. The first-order valence-corrected chi connectivity index (χ1v) is 10.0. The van der Waals surface area contributed by atoms with Gasteiger partial charge in [-0.25, -0.2) is 9.59 Å². The lowest BCUT2D eigenvalue weighted by Gasteiger charge is -2.29. The topological polar surface area (TPSA) is 136 Å². The molecule has 3 saturated heterocycles. The molecule has 5 heterocycles. The van der Waals surface area contributed by atoms with Crippen molar-refractivity contribution in [2.45, 2.75) is 18.9 Å². The summed E-state index contributed by atoms with van der Waals surface area (Å²) in [6, 6.07) is 9.42. The van der Waals surface area contributed by atoms with Crippen LogP contribution in [0.3, 0.4) is 0 Å². The van der Waals surface area contributed by atoms with E-state index >= 15 is 0 Å². The number of nitrogens with one attached hydrogen (secondary N) is 1. The Morgan fingerprint density at radius 3 is 2.48 bits per heavy atom. The number of rotatable bonds is 4. The molecule has 0 spiro atoms. The lowest BCUT2D eigenvalue weighted by atomic mass is 10.1. The fourth-order valence-electron chi connectivity index (χ4n) is 3.92. The van der Waals surface area contributed by atoms with E-state index in [9.17, 15) is 9.59 Å². The minimum Gasteiger partial charge on any atom is -0.478 e. The number of H-pyrrole nitrogens is 1. The Morgan fingerprint density at radius 1 is 1.03 bits per heavy atom. The second-order valence-corrected chi connectivity index (χ2v) is 7.45. The monoisotopic (exact) mass is 425 g/mol. The zero-order chi connectivity index (χ0) is 21.8. The Labute approximate surface area is 177 Å². The minimum atomic E-state index is -1.26. The average Bonchev–Trinajstić information content (AvgIpc) is 3.34. The molecule has 10 heteroatoms. The van der Waals surface area contributed by atoms with Crippen LogP contribution in [0.5, 0.6) is 0 Å². The Morgan fingerprint density at radius 2 is 1.77 bits per heavy atom. The molecular weight excluding hydrogens is 402 g/mol. The third-order valence-electron chi connectivity index (χ3n) is 5.48. The van der Waals surface area contributed by atoms with Crippen LogP contribution in [0.4, 0.5) is 6.01 Å². The van der Waals surface area contributed by atoms with Crippen LogP contribution in [0, 0.1) is 0 Å². The highest BCUT2D eigenvalue weighted by atomic mass is 16.4. The van der Waals surface area contributed by atoms with Gasteiger partial charge in [0.15, 0.2) is 0 Å². The van der Waals surface area contributed by atoms with Gasteiger partial charge in [-0.1, -0.05) is 5.10 Å². The Hall–Kier alpha value is -3.66. The quantitative estimate of drug-likeness (QED) is 0.537. The summed E-state index contributed by atoms with van der Waals surface area (Å²) in [5, 5.41) is 25.4. The average molecular weight is 425 g/mol. The number of aromatic nitrogens is 3. The van der Waals surface area contributed by atoms with Gasteiger partial charge < -0.3 is 29.4 Å². The number of hydrogen-bond acceptors (Lipinski definition) is 7. The first kappa shape index (κ1) is 20.6. The van der Waals surface area contributed by atoms with Crippen LogP contribution in [-0.2, 0) is 9.59 Å². The Bertz CT molecular complexity index is 1080. The highest BCUT2D eigenvalue weighted by Gasteiger charge is 2.31. The number of fused-ring (bicyclic) bond motifs is 5. The van der Waals surface area contributed by atoms with Gasteiger partial charge in [0.05, 0.1) is 0 Å².